The predicted molar refractivity (Wildman–Crippen MR) is 307 cm³/mol. The number of esters is 3. The van der Waals surface area contributed by atoms with E-state index in [0.717, 1.165) is 96.3 Å². The smallest absolute Gasteiger partial charge is 0.462 e. The molecule has 74 heavy (non-hydrogen) atoms. The summed E-state index contributed by atoms with van der Waals surface area (Å²) in [5.74, 6) is -1.47. The Morgan fingerprint density at radius 2 is 0.622 bits per heavy atom. The number of allylic oxidation sites excluding steroid dienone is 6. The molecule has 2 N–H and O–H groups in total. The molecule has 11 nitrogen and oxygen atoms in total. The van der Waals surface area contributed by atoms with Crippen LogP contribution in [0.15, 0.2) is 36.5 Å². The Morgan fingerprint density at radius 1 is 0.365 bits per heavy atom. The first-order valence-corrected chi connectivity index (χ1v) is 32.4. The van der Waals surface area contributed by atoms with Crippen molar-refractivity contribution in [3.8, 4) is 0 Å². The molecule has 12 heteroatoms. The van der Waals surface area contributed by atoms with Crippen LogP contribution < -0.4 is 0 Å². The molecule has 3 unspecified atom stereocenters. The van der Waals surface area contributed by atoms with Crippen LogP contribution in [0.2, 0.25) is 0 Å². The molecular formula is C62H115O11P. The van der Waals surface area contributed by atoms with Gasteiger partial charge in [-0.3, -0.25) is 23.4 Å². The van der Waals surface area contributed by atoms with E-state index in [0.29, 0.717) is 19.3 Å². The van der Waals surface area contributed by atoms with Crippen LogP contribution in [0.5, 0.6) is 0 Å². The molecule has 0 spiro atoms. The van der Waals surface area contributed by atoms with Crippen molar-refractivity contribution in [2.75, 3.05) is 26.4 Å². The third kappa shape index (κ3) is 54.5. The second kappa shape index (κ2) is 56.9. The highest BCUT2D eigenvalue weighted by molar-refractivity contribution is 7.47. The summed E-state index contributed by atoms with van der Waals surface area (Å²) < 4.78 is 39.6. The van der Waals surface area contributed by atoms with E-state index in [1.165, 1.54) is 148 Å². The second-order valence-electron chi connectivity index (χ2n) is 20.9. The van der Waals surface area contributed by atoms with E-state index in [1.807, 2.05) is 0 Å². The van der Waals surface area contributed by atoms with E-state index >= 15 is 0 Å². The number of aliphatic hydroxyl groups excluding tert-OH is 1. The predicted octanol–water partition coefficient (Wildman–Crippen LogP) is 18.4. The highest BCUT2D eigenvalue weighted by Gasteiger charge is 2.28. The minimum absolute atomic E-state index is 0.160. The van der Waals surface area contributed by atoms with Crippen molar-refractivity contribution in [1.82, 2.24) is 0 Å². The van der Waals surface area contributed by atoms with Crippen LogP contribution in [0.4, 0.5) is 0 Å². The van der Waals surface area contributed by atoms with E-state index < -0.39 is 57.8 Å². The molecule has 0 aliphatic heterocycles. The first-order chi connectivity index (χ1) is 36.2. The first kappa shape index (κ1) is 71.7. The summed E-state index contributed by atoms with van der Waals surface area (Å²) in [5.41, 5.74) is 0. The Hall–Kier alpha value is -2.30. The maximum atomic E-state index is 12.9. The summed E-state index contributed by atoms with van der Waals surface area (Å²) >= 11 is 0. The Balaban J connectivity index is 4.69. The van der Waals surface area contributed by atoms with E-state index in [4.69, 9.17) is 23.3 Å². The maximum Gasteiger partial charge on any atom is 0.472 e. The number of carbonyl (C=O) groups excluding carboxylic acids is 3. The van der Waals surface area contributed by atoms with Gasteiger partial charge in [0.2, 0.25) is 0 Å². The number of hydrogen-bond donors (Lipinski definition) is 2. The van der Waals surface area contributed by atoms with Crippen LogP contribution in [0, 0.1) is 0 Å². The quantitative estimate of drug-likeness (QED) is 0.0197. The fraction of sp³-hybridized carbons (Fsp3) is 0.855. The van der Waals surface area contributed by atoms with Crippen LogP contribution in [-0.4, -0.2) is 66.5 Å². The van der Waals surface area contributed by atoms with Gasteiger partial charge in [-0.1, -0.05) is 224 Å². The fourth-order valence-corrected chi connectivity index (χ4v) is 9.54. The average Bonchev–Trinajstić information content (AvgIpc) is 3.39. The number of carbonyl (C=O) groups is 3. The minimum Gasteiger partial charge on any atom is -0.462 e. The third-order valence-corrected chi connectivity index (χ3v) is 14.5. The molecule has 434 valence electrons. The van der Waals surface area contributed by atoms with Crippen molar-refractivity contribution in [3.05, 3.63) is 36.5 Å². The first-order valence-electron chi connectivity index (χ1n) is 30.9. The van der Waals surface area contributed by atoms with Gasteiger partial charge in [0.05, 0.1) is 19.8 Å². The standard InChI is InChI=1S/C62H115O11P/c1-4-7-10-13-16-19-22-25-27-28-29-30-32-34-36-39-42-45-48-51-60(64)69-55-59(73-62(66)53-50-47-44-41-38-35-31-26-23-20-17-14-11-8-5-2)57-71-74(67,68)70-56-58(54-63)72-61(65)52-49-46-43-40-37-33-24-21-18-15-12-9-6-3/h21,24-27,31,58-59,63H,4-20,22-23,28-30,32-57H2,1-3H3,(H,67,68)/b24-21-,27-25-,31-26-. The molecule has 3 atom stereocenters. The average molecular weight is 1070 g/mol. The van der Waals surface area contributed by atoms with Gasteiger partial charge in [-0.15, -0.1) is 0 Å². The number of unbranched alkanes of at least 4 members (excludes halogenated alkanes) is 35. The molecule has 0 aromatic carbocycles. The van der Waals surface area contributed by atoms with Crippen molar-refractivity contribution >= 4 is 25.7 Å². The molecule has 0 saturated heterocycles. The Labute approximate surface area is 454 Å². The van der Waals surface area contributed by atoms with Gasteiger partial charge in [0, 0.05) is 19.3 Å². The normalized spacial score (nSPS) is 13.5. The zero-order valence-corrected chi connectivity index (χ0v) is 49.0. The molecule has 0 fully saturated rings. The number of aliphatic hydroxyl groups is 1. The SMILES string of the molecule is CCCCCC/C=C\CCCCCCCC(=O)OC(CO)COP(=O)(O)OCC(COC(=O)CCCCCCCCCCC/C=C\CCCCCCCC)OC(=O)CCCCCCC/C=C\CCCCCCCC. The number of phosphoric ester groups is 1. The third-order valence-electron chi connectivity index (χ3n) is 13.5. The van der Waals surface area contributed by atoms with Crippen molar-refractivity contribution in [3.63, 3.8) is 0 Å². The van der Waals surface area contributed by atoms with Crippen molar-refractivity contribution in [2.24, 2.45) is 0 Å². The summed E-state index contributed by atoms with van der Waals surface area (Å²) in [6.45, 7) is 4.65. The van der Waals surface area contributed by atoms with Gasteiger partial charge in [0.15, 0.2) is 6.10 Å². The van der Waals surface area contributed by atoms with Gasteiger partial charge in [-0.25, -0.2) is 4.57 Å². The molecule has 0 heterocycles. The minimum atomic E-state index is -4.75. The van der Waals surface area contributed by atoms with Crippen LogP contribution in [0.1, 0.15) is 303 Å². The van der Waals surface area contributed by atoms with Gasteiger partial charge in [0.1, 0.15) is 12.7 Å². The molecule has 0 aromatic heterocycles. The molecule has 0 bridgehead atoms. The topological polar surface area (TPSA) is 155 Å². The number of rotatable bonds is 58. The van der Waals surface area contributed by atoms with Gasteiger partial charge < -0.3 is 24.2 Å². The lowest BCUT2D eigenvalue weighted by Gasteiger charge is -2.21. The van der Waals surface area contributed by atoms with E-state index in [1.54, 1.807) is 0 Å². The van der Waals surface area contributed by atoms with E-state index in [2.05, 4.69) is 57.2 Å². The molecule has 0 rings (SSSR count). The fourth-order valence-electron chi connectivity index (χ4n) is 8.75. The van der Waals surface area contributed by atoms with Gasteiger partial charge >= 0.3 is 25.7 Å². The van der Waals surface area contributed by atoms with Gasteiger partial charge in [0.25, 0.3) is 0 Å². The van der Waals surface area contributed by atoms with Crippen LogP contribution >= 0.6 is 7.82 Å². The zero-order chi connectivity index (χ0) is 54.1. The monoisotopic (exact) mass is 1070 g/mol. The summed E-state index contributed by atoms with van der Waals surface area (Å²) in [7, 11) is -4.75. The Bertz CT molecular complexity index is 1380. The highest BCUT2D eigenvalue weighted by Crippen LogP contribution is 2.43. The molecule has 0 aliphatic rings. The molecule has 0 aliphatic carbocycles. The van der Waals surface area contributed by atoms with E-state index in [-0.39, 0.29) is 25.9 Å². The lowest BCUT2D eigenvalue weighted by atomic mass is 10.1. The van der Waals surface area contributed by atoms with E-state index in [9.17, 15) is 28.9 Å². The highest BCUT2D eigenvalue weighted by atomic mass is 31.2. The maximum absolute atomic E-state index is 12.9. The molecule has 0 amide bonds. The summed E-state index contributed by atoms with van der Waals surface area (Å²) in [5, 5.41) is 9.82. The lowest BCUT2D eigenvalue weighted by Crippen LogP contribution is -2.30. The van der Waals surface area contributed by atoms with Gasteiger partial charge in [-0.05, 0) is 96.3 Å². The molecular weight excluding hydrogens is 952 g/mol. The summed E-state index contributed by atoms with van der Waals surface area (Å²) in [6, 6.07) is 0. The Morgan fingerprint density at radius 3 is 0.946 bits per heavy atom. The molecule has 0 saturated carbocycles. The van der Waals surface area contributed by atoms with Crippen LogP contribution in [0.25, 0.3) is 0 Å². The second-order valence-corrected chi connectivity index (χ2v) is 22.3. The molecule has 0 radical (unpaired) electrons. The zero-order valence-electron chi connectivity index (χ0n) is 48.1. The van der Waals surface area contributed by atoms with Crippen molar-refractivity contribution in [1.29, 1.82) is 0 Å². The number of phosphoric acid groups is 1. The van der Waals surface area contributed by atoms with Crippen LogP contribution in [-0.2, 0) is 42.2 Å². The molecule has 0 aromatic rings. The summed E-state index contributed by atoms with van der Waals surface area (Å²) in [6.07, 6.45) is 59.5. The Kier molecular flexibility index (Phi) is 55.1. The largest absolute Gasteiger partial charge is 0.472 e. The van der Waals surface area contributed by atoms with Crippen molar-refractivity contribution in [2.45, 2.75) is 315 Å². The van der Waals surface area contributed by atoms with Crippen molar-refractivity contribution < 1.29 is 52.2 Å². The van der Waals surface area contributed by atoms with Crippen LogP contribution in [0.3, 0.4) is 0 Å². The van der Waals surface area contributed by atoms with Gasteiger partial charge in [-0.2, -0.15) is 0 Å². The lowest BCUT2D eigenvalue weighted by molar-refractivity contribution is -0.161. The number of ether oxygens (including phenoxy) is 3. The number of hydrogen-bond acceptors (Lipinski definition) is 10. The summed E-state index contributed by atoms with van der Waals surface area (Å²) in [4.78, 5) is 48.6.